The van der Waals surface area contributed by atoms with Crippen molar-refractivity contribution in [2.24, 2.45) is 11.8 Å². The molecule has 2 N–H and O–H groups in total. The van der Waals surface area contributed by atoms with E-state index >= 15 is 0 Å². The van der Waals surface area contributed by atoms with Crippen molar-refractivity contribution in [1.29, 1.82) is 0 Å². The second-order valence-electron chi connectivity index (χ2n) is 8.60. The lowest BCUT2D eigenvalue weighted by molar-refractivity contribution is -0.117. The molecule has 2 amide bonds. The molecule has 5 rings (SSSR count). The van der Waals surface area contributed by atoms with Gasteiger partial charge < -0.3 is 5.32 Å². The quantitative estimate of drug-likeness (QED) is 0.551. The molecule has 2 heterocycles. The minimum atomic E-state index is -3.52. The molecule has 2 aliphatic rings. The molecule has 2 unspecified atom stereocenters. The van der Waals surface area contributed by atoms with E-state index in [0.717, 1.165) is 19.3 Å². The average molecular weight is 485 g/mol. The Hall–Kier alpha value is -2.82. The number of carbonyl (C=O) groups excluding carboxylic acids is 2. The van der Waals surface area contributed by atoms with Crippen LogP contribution in [0.1, 0.15) is 36.5 Å². The van der Waals surface area contributed by atoms with Gasteiger partial charge in [0.15, 0.2) is 5.13 Å². The standard InChI is InChI=1S/C23H24N4O4S2/c1-14-11-18(14)22(29)24-16-6-4-5-15(12-16)21(28)26-23-25-19-8-7-17(13-20(19)32-23)33(30,31)27-9-2-3-10-27/h4-8,12-14,18H,2-3,9-11H2,1H3,(H,24,29)(H,25,26,28). The fourth-order valence-corrected chi connectivity index (χ4v) is 6.54. The van der Waals surface area contributed by atoms with Crippen LogP contribution in [0.3, 0.4) is 0 Å². The van der Waals surface area contributed by atoms with Crippen molar-refractivity contribution in [1.82, 2.24) is 9.29 Å². The van der Waals surface area contributed by atoms with Gasteiger partial charge in [0.2, 0.25) is 15.9 Å². The predicted molar refractivity (Wildman–Crippen MR) is 128 cm³/mol. The van der Waals surface area contributed by atoms with E-state index in [0.29, 0.717) is 45.6 Å². The summed E-state index contributed by atoms with van der Waals surface area (Å²) in [5, 5.41) is 6.03. The molecular weight excluding hydrogens is 460 g/mol. The van der Waals surface area contributed by atoms with Crippen LogP contribution in [-0.4, -0.2) is 42.6 Å². The summed E-state index contributed by atoms with van der Waals surface area (Å²) in [6, 6.07) is 11.6. The molecule has 8 nitrogen and oxygen atoms in total. The van der Waals surface area contributed by atoms with E-state index in [1.54, 1.807) is 42.5 Å². The van der Waals surface area contributed by atoms with Crippen molar-refractivity contribution < 1.29 is 18.0 Å². The third kappa shape index (κ3) is 4.50. The molecule has 1 aliphatic carbocycles. The molecule has 1 aromatic heterocycles. The van der Waals surface area contributed by atoms with E-state index in [2.05, 4.69) is 15.6 Å². The molecule has 3 aromatic rings. The van der Waals surface area contributed by atoms with Crippen LogP contribution in [0.5, 0.6) is 0 Å². The van der Waals surface area contributed by atoms with Gasteiger partial charge in [-0.3, -0.25) is 14.9 Å². The number of sulfonamides is 1. The number of hydrogen-bond donors (Lipinski definition) is 2. The van der Waals surface area contributed by atoms with Crippen LogP contribution in [0.25, 0.3) is 10.2 Å². The summed E-state index contributed by atoms with van der Waals surface area (Å²) >= 11 is 1.22. The second-order valence-corrected chi connectivity index (χ2v) is 11.6. The highest BCUT2D eigenvalue weighted by Gasteiger charge is 2.39. The van der Waals surface area contributed by atoms with E-state index in [9.17, 15) is 18.0 Å². The normalized spacial score (nSPS) is 20.6. The van der Waals surface area contributed by atoms with Gasteiger partial charge in [0, 0.05) is 30.3 Å². The summed E-state index contributed by atoms with van der Waals surface area (Å²) < 4.78 is 27.9. The maximum Gasteiger partial charge on any atom is 0.257 e. The third-order valence-corrected chi connectivity index (χ3v) is 8.95. The van der Waals surface area contributed by atoms with Gasteiger partial charge >= 0.3 is 0 Å². The molecule has 172 valence electrons. The molecule has 0 bridgehead atoms. The van der Waals surface area contributed by atoms with Crippen LogP contribution >= 0.6 is 11.3 Å². The van der Waals surface area contributed by atoms with Gasteiger partial charge in [0.1, 0.15) is 0 Å². The number of nitrogens with one attached hydrogen (secondary N) is 2. The predicted octanol–water partition coefficient (Wildman–Crippen LogP) is 3.93. The third-order valence-electron chi connectivity index (χ3n) is 6.12. The number of nitrogens with zero attached hydrogens (tertiary/aromatic N) is 2. The molecule has 2 aromatic carbocycles. The highest BCUT2D eigenvalue weighted by Crippen LogP contribution is 2.38. The first-order valence-corrected chi connectivity index (χ1v) is 13.2. The summed E-state index contributed by atoms with van der Waals surface area (Å²) in [6.45, 7) is 3.13. The molecule has 1 saturated carbocycles. The Morgan fingerprint density at radius 1 is 1.09 bits per heavy atom. The number of fused-ring (bicyclic) bond motifs is 1. The highest BCUT2D eigenvalue weighted by atomic mass is 32.2. The molecule has 1 aliphatic heterocycles. The van der Waals surface area contributed by atoms with Crippen molar-refractivity contribution in [2.45, 2.75) is 31.1 Å². The largest absolute Gasteiger partial charge is 0.326 e. The number of thiazole rings is 1. The Bertz CT molecular complexity index is 1350. The van der Waals surface area contributed by atoms with Crippen LogP contribution < -0.4 is 10.6 Å². The van der Waals surface area contributed by atoms with Crippen molar-refractivity contribution >= 4 is 54.2 Å². The molecule has 33 heavy (non-hydrogen) atoms. The van der Waals surface area contributed by atoms with Crippen molar-refractivity contribution in [2.75, 3.05) is 23.7 Å². The number of anilines is 2. The maximum atomic E-state index is 12.8. The Balaban J connectivity index is 1.31. The number of rotatable bonds is 6. The average Bonchev–Trinajstić information content (AvgIpc) is 3.18. The van der Waals surface area contributed by atoms with Gasteiger partial charge in [-0.05, 0) is 61.6 Å². The topological polar surface area (TPSA) is 108 Å². The Morgan fingerprint density at radius 2 is 1.85 bits per heavy atom. The van der Waals surface area contributed by atoms with Gasteiger partial charge in [-0.1, -0.05) is 24.3 Å². The Kier molecular flexibility index (Phi) is 5.67. The SMILES string of the molecule is CC1CC1C(=O)Nc1cccc(C(=O)Nc2nc3ccc(S(=O)(=O)N4CCCC4)cc3s2)c1. The second kappa shape index (κ2) is 8.51. The molecule has 2 fully saturated rings. The monoisotopic (exact) mass is 484 g/mol. The fraction of sp³-hybridized carbons (Fsp3) is 0.348. The van der Waals surface area contributed by atoms with E-state index in [1.807, 2.05) is 6.92 Å². The summed E-state index contributed by atoms with van der Waals surface area (Å²) in [6.07, 6.45) is 2.65. The Morgan fingerprint density at radius 3 is 2.58 bits per heavy atom. The minimum absolute atomic E-state index is 0.0223. The molecule has 10 heteroatoms. The van der Waals surface area contributed by atoms with Gasteiger partial charge in [-0.25, -0.2) is 13.4 Å². The minimum Gasteiger partial charge on any atom is -0.326 e. The Labute approximate surface area is 196 Å². The zero-order valence-corrected chi connectivity index (χ0v) is 19.7. The zero-order valence-electron chi connectivity index (χ0n) is 18.1. The lowest BCUT2D eigenvalue weighted by Gasteiger charge is -2.15. The van der Waals surface area contributed by atoms with Crippen molar-refractivity contribution in [3.05, 3.63) is 48.0 Å². The number of hydrogen-bond acceptors (Lipinski definition) is 6. The van der Waals surface area contributed by atoms with Crippen molar-refractivity contribution in [3.8, 4) is 0 Å². The maximum absolute atomic E-state index is 12.8. The number of amides is 2. The smallest absolute Gasteiger partial charge is 0.257 e. The van der Waals surface area contributed by atoms with Crippen LogP contribution in [0.2, 0.25) is 0 Å². The summed E-state index contributed by atoms with van der Waals surface area (Å²) in [4.78, 5) is 29.6. The van der Waals surface area contributed by atoms with Gasteiger partial charge in [0.05, 0.1) is 15.1 Å². The van der Waals surface area contributed by atoms with E-state index in [4.69, 9.17) is 0 Å². The lowest BCUT2D eigenvalue weighted by Crippen LogP contribution is -2.27. The van der Waals surface area contributed by atoms with Gasteiger partial charge in [-0.15, -0.1) is 0 Å². The summed E-state index contributed by atoms with van der Waals surface area (Å²) in [7, 11) is -3.52. The molecule has 0 radical (unpaired) electrons. The van der Waals surface area contributed by atoms with E-state index in [1.165, 1.54) is 15.6 Å². The highest BCUT2D eigenvalue weighted by molar-refractivity contribution is 7.89. The number of carbonyl (C=O) groups is 2. The van der Waals surface area contributed by atoms with Crippen LogP contribution in [-0.2, 0) is 14.8 Å². The fourth-order valence-electron chi connectivity index (χ4n) is 4.03. The first-order chi connectivity index (χ1) is 15.8. The van der Waals surface area contributed by atoms with E-state index < -0.39 is 10.0 Å². The van der Waals surface area contributed by atoms with Crippen LogP contribution in [0.15, 0.2) is 47.4 Å². The molecular formula is C23H24N4O4S2. The molecule has 2 atom stereocenters. The first kappa shape index (κ1) is 22.0. The van der Waals surface area contributed by atoms with Crippen LogP contribution in [0, 0.1) is 11.8 Å². The van der Waals surface area contributed by atoms with Crippen molar-refractivity contribution in [3.63, 3.8) is 0 Å². The summed E-state index contributed by atoms with van der Waals surface area (Å²) in [5.74, 6) is 0.0755. The zero-order chi connectivity index (χ0) is 23.2. The van der Waals surface area contributed by atoms with Gasteiger partial charge in [-0.2, -0.15) is 4.31 Å². The lowest BCUT2D eigenvalue weighted by atomic mass is 10.2. The van der Waals surface area contributed by atoms with E-state index in [-0.39, 0.29) is 22.6 Å². The molecule has 1 saturated heterocycles. The van der Waals surface area contributed by atoms with Gasteiger partial charge in [0.25, 0.3) is 5.91 Å². The first-order valence-electron chi connectivity index (χ1n) is 10.9. The van der Waals surface area contributed by atoms with Crippen LogP contribution in [0.4, 0.5) is 10.8 Å². The molecule has 0 spiro atoms. The number of benzene rings is 2. The number of aromatic nitrogens is 1. The summed E-state index contributed by atoms with van der Waals surface area (Å²) in [5.41, 5.74) is 1.59.